The minimum absolute atomic E-state index is 0.311. The van der Waals surface area contributed by atoms with Crippen molar-refractivity contribution in [2.75, 3.05) is 5.32 Å². The van der Waals surface area contributed by atoms with Gasteiger partial charge < -0.3 is 5.32 Å². The molecule has 7 heteroatoms. The molecule has 0 saturated carbocycles. The summed E-state index contributed by atoms with van der Waals surface area (Å²) in [6, 6.07) is 18.9. The molecule has 134 valence electrons. The monoisotopic (exact) mass is 432 g/mol. The van der Waals surface area contributed by atoms with Crippen LogP contribution in [0.25, 0.3) is 0 Å². The highest BCUT2D eigenvalue weighted by atomic mass is 35.5. The highest BCUT2D eigenvalue weighted by Crippen LogP contribution is 2.41. The Labute approximate surface area is 175 Å². The Morgan fingerprint density at radius 3 is 2.26 bits per heavy atom. The molecule has 1 amide bonds. The fourth-order valence-electron chi connectivity index (χ4n) is 2.27. The molecule has 0 aliphatic heterocycles. The number of anilines is 1. The standard InChI is InChI=1S/C20H11Cl3N2OS/c21-14-7-5-13(6-8-14)20(26)25-17-10-12(11-24)4-9-18(17)27-19-15(22)2-1-3-16(19)23/h1-10H,(H,25,26). The summed E-state index contributed by atoms with van der Waals surface area (Å²) >= 11 is 19.7. The molecular weight excluding hydrogens is 423 g/mol. The molecule has 0 fully saturated rings. The molecule has 0 radical (unpaired) electrons. The van der Waals surface area contributed by atoms with E-state index < -0.39 is 0 Å². The molecule has 1 N–H and O–H groups in total. The zero-order valence-corrected chi connectivity index (χ0v) is 16.8. The van der Waals surface area contributed by atoms with E-state index in [0.717, 1.165) is 0 Å². The Morgan fingerprint density at radius 2 is 1.63 bits per heavy atom. The van der Waals surface area contributed by atoms with Crippen molar-refractivity contribution in [3.63, 3.8) is 0 Å². The lowest BCUT2D eigenvalue weighted by atomic mass is 10.2. The first-order valence-corrected chi connectivity index (χ1v) is 9.66. The van der Waals surface area contributed by atoms with Gasteiger partial charge in [-0.05, 0) is 54.6 Å². The zero-order valence-electron chi connectivity index (χ0n) is 13.7. The summed E-state index contributed by atoms with van der Waals surface area (Å²) in [6.45, 7) is 0. The van der Waals surface area contributed by atoms with Crippen molar-refractivity contribution in [3.8, 4) is 6.07 Å². The van der Waals surface area contributed by atoms with Crippen LogP contribution in [0.2, 0.25) is 15.1 Å². The average Bonchev–Trinajstić information content (AvgIpc) is 2.66. The molecule has 0 heterocycles. The van der Waals surface area contributed by atoms with Gasteiger partial charge in [-0.3, -0.25) is 4.79 Å². The molecule has 3 nitrogen and oxygen atoms in total. The second kappa shape index (κ2) is 8.69. The van der Waals surface area contributed by atoms with Gasteiger partial charge in [-0.15, -0.1) is 0 Å². The van der Waals surface area contributed by atoms with Gasteiger partial charge in [-0.1, -0.05) is 52.6 Å². The molecule has 0 atom stereocenters. The second-order valence-corrected chi connectivity index (χ2v) is 7.74. The molecule has 0 aliphatic rings. The molecular formula is C20H11Cl3N2OS. The smallest absolute Gasteiger partial charge is 0.255 e. The molecule has 0 saturated heterocycles. The molecule has 0 aliphatic carbocycles. The number of hydrogen-bond acceptors (Lipinski definition) is 3. The summed E-state index contributed by atoms with van der Waals surface area (Å²) in [4.78, 5) is 14.0. The van der Waals surface area contributed by atoms with Gasteiger partial charge in [0.15, 0.2) is 0 Å². The van der Waals surface area contributed by atoms with Crippen molar-refractivity contribution >= 4 is 58.2 Å². The summed E-state index contributed by atoms with van der Waals surface area (Å²) in [5.41, 5.74) is 1.37. The van der Waals surface area contributed by atoms with Crippen LogP contribution in [0.3, 0.4) is 0 Å². The maximum Gasteiger partial charge on any atom is 0.255 e. The average molecular weight is 434 g/mol. The van der Waals surface area contributed by atoms with Gasteiger partial charge in [-0.2, -0.15) is 5.26 Å². The van der Waals surface area contributed by atoms with Crippen molar-refractivity contribution in [3.05, 3.63) is 86.9 Å². The van der Waals surface area contributed by atoms with Gasteiger partial charge >= 0.3 is 0 Å². The predicted molar refractivity (Wildman–Crippen MR) is 111 cm³/mol. The van der Waals surface area contributed by atoms with Gasteiger partial charge in [0.2, 0.25) is 0 Å². The van der Waals surface area contributed by atoms with Crippen molar-refractivity contribution in [2.24, 2.45) is 0 Å². The quantitative estimate of drug-likeness (QED) is 0.485. The second-order valence-electron chi connectivity index (χ2n) is 5.44. The van der Waals surface area contributed by atoms with Crippen LogP contribution >= 0.6 is 46.6 Å². The minimum Gasteiger partial charge on any atom is -0.321 e. The molecule has 3 rings (SSSR count). The van der Waals surface area contributed by atoms with E-state index in [1.54, 1.807) is 60.7 Å². The highest BCUT2D eigenvalue weighted by molar-refractivity contribution is 7.99. The molecule has 0 unspecified atom stereocenters. The normalized spacial score (nSPS) is 10.3. The van der Waals surface area contributed by atoms with Crippen LogP contribution < -0.4 is 5.32 Å². The third kappa shape index (κ3) is 4.77. The number of nitriles is 1. The van der Waals surface area contributed by atoms with Gasteiger partial charge in [0.25, 0.3) is 5.91 Å². The van der Waals surface area contributed by atoms with Crippen LogP contribution in [0.5, 0.6) is 0 Å². The molecule has 0 spiro atoms. The van der Waals surface area contributed by atoms with Gasteiger partial charge in [0.1, 0.15) is 0 Å². The SMILES string of the molecule is N#Cc1ccc(Sc2c(Cl)cccc2Cl)c(NC(=O)c2ccc(Cl)cc2)c1. The minimum atomic E-state index is -0.311. The third-order valence-corrected chi connectivity index (χ3v) is 5.92. The summed E-state index contributed by atoms with van der Waals surface area (Å²) in [5, 5.41) is 13.6. The zero-order chi connectivity index (χ0) is 19.4. The largest absolute Gasteiger partial charge is 0.321 e. The maximum absolute atomic E-state index is 12.6. The van der Waals surface area contributed by atoms with Crippen LogP contribution in [0.1, 0.15) is 15.9 Å². The number of hydrogen-bond donors (Lipinski definition) is 1. The summed E-state index contributed by atoms with van der Waals surface area (Å²) in [6.07, 6.45) is 0. The van der Waals surface area contributed by atoms with Gasteiger partial charge in [0, 0.05) is 20.4 Å². The topological polar surface area (TPSA) is 52.9 Å². The van der Waals surface area contributed by atoms with E-state index in [1.807, 2.05) is 0 Å². The van der Waals surface area contributed by atoms with E-state index in [9.17, 15) is 10.1 Å². The Kier molecular flexibility index (Phi) is 6.30. The van der Waals surface area contributed by atoms with E-state index >= 15 is 0 Å². The number of nitrogens with zero attached hydrogens (tertiary/aromatic N) is 1. The Morgan fingerprint density at radius 1 is 0.963 bits per heavy atom. The lowest BCUT2D eigenvalue weighted by Gasteiger charge is -2.13. The van der Waals surface area contributed by atoms with Crippen LogP contribution in [0, 0.1) is 11.3 Å². The van der Waals surface area contributed by atoms with Crippen LogP contribution in [0.15, 0.2) is 70.5 Å². The summed E-state index contributed by atoms with van der Waals surface area (Å²) in [5.74, 6) is -0.311. The lowest BCUT2D eigenvalue weighted by molar-refractivity contribution is 0.102. The first kappa shape index (κ1) is 19.6. The van der Waals surface area contributed by atoms with Crippen LogP contribution in [-0.2, 0) is 0 Å². The maximum atomic E-state index is 12.6. The van der Waals surface area contributed by atoms with Crippen molar-refractivity contribution in [2.45, 2.75) is 9.79 Å². The first-order chi connectivity index (χ1) is 13.0. The van der Waals surface area contributed by atoms with E-state index in [0.29, 0.717) is 41.7 Å². The number of halogens is 3. The molecule has 27 heavy (non-hydrogen) atoms. The highest BCUT2D eigenvalue weighted by Gasteiger charge is 2.14. The molecule has 0 aromatic heterocycles. The number of nitrogens with one attached hydrogen (secondary N) is 1. The molecule has 3 aromatic carbocycles. The number of carbonyl (C=O) groups is 1. The Balaban J connectivity index is 1.95. The molecule has 0 bridgehead atoms. The fraction of sp³-hybridized carbons (Fsp3) is 0. The lowest BCUT2D eigenvalue weighted by Crippen LogP contribution is -2.12. The number of amides is 1. The first-order valence-electron chi connectivity index (χ1n) is 7.71. The Hall–Kier alpha value is -2.16. The van der Waals surface area contributed by atoms with Crippen LogP contribution in [-0.4, -0.2) is 5.91 Å². The van der Waals surface area contributed by atoms with Crippen molar-refractivity contribution < 1.29 is 4.79 Å². The van der Waals surface area contributed by atoms with Crippen molar-refractivity contribution in [1.82, 2.24) is 0 Å². The van der Waals surface area contributed by atoms with Crippen LogP contribution in [0.4, 0.5) is 5.69 Å². The fourth-order valence-corrected chi connectivity index (χ4v) is 3.93. The van der Waals surface area contributed by atoms with E-state index in [1.165, 1.54) is 11.8 Å². The number of benzene rings is 3. The van der Waals surface area contributed by atoms with Gasteiger partial charge in [0.05, 0.1) is 27.4 Å². The summed E-state index contributed by atoms with van der Waals surface area (Å²) in [7, 11) is 0. The Bertz CT molecular complexity index is 1030. The van der Waals surface area contributed by atoms with Crippen molar-refractivity contribution in [1.29, 1.82) is 5.26 Å². The van der Waals surface area contributed by atoms with E-state index in [4.69, 9.17) is 34.8 Å². The third-order valence-electron chi connectivity index (χ3n) is 3.59. The number of rotatable bonds is 4. The van der Waals surface area contributed by atoms with E-state index in [2.05, 4.69) is 11.4 Å². The predicted octanol–water partition coefficient (Wildman–Crippen LogP) is 6.92. The summed E-state index contributed by atoms with van der Waals surface area (Å²) < 4.78 is 0. The van der Waals surface area contributed by atoms with Gasteiger partial charge in [-0.25, -0.2) is 0 Å². The number of carbonyl (C=O) groups excluding carboxylic acids is 1. The van der Waals surface area contributed by atoms with E-state index in [-0.39, 0.29) is 5.91 Å². The molecule has 3 aromatic rings.